The molecule has 2 unspecified atom stereocenters. The number of carbonyl (C=O) groups excluding carboxylic acids is 3. The first-order valence-electron chi connectivity index (χ1n) is 10.8. The van der Waals surface area contributed by atoms with Gasteiger partial charge in [-0.3, -0.25) is 14.4 Å². The van der Waals surface area contributed by atoms with Gasteiger partial charge >= 0.3 is 0 Å². The third-order valence-corrected chi connectivity index (χ3v) is 5.81. The lowest BCUT2D eigenvalue weighted by molar-refractivity contribution is -0.142. The summed E-state index contributed by atoms with van der Waals surface area (Å²) in [5.41, 5.74) is 2.17. The molecule has 2 aromatic carbocycles. The molecule has 1 fully saturated rings. The van der Waals surface area contributed by atoms with E-state index in [9.17, 15) is 14.4 Å². The minimum Gasteiger partial charge on any atom is -0.497 e. The molecule has 1 aliphatic rings. The number of Topliss-reactive ketones (excluding diaryl/α,β-unsaturated/α-hetero) is 1. The highest BCUT2D eigenvalue weighted by Gasteiger charge is 2.40. The van der Waals surface area contributed by atoms with Crippen molar-refractivity contribution in [1.82, 2.24) is 4.90 Å². The van der Waals surface area contributed by atoms with Gasteiger partial charge in [0.05, 0.1) is 19.1 Å². The smallest absolute Gasteiger partial charge is 0.229 e. The zero-order chi connectivity index (χ0) is 22.4. The van der Waals surface area contributed by atoms with E-state index >= 15 is 0 Å². The number of likely N-dealkylation sites (tertiary alicyclic amines) is 1. The fraction of sp³-hybridized carbons (Fsp3) is 0.400. The van der Waals surface area contributed by atoms with Gasteiger partial charge in [0, 0.05) is 24.2 Å². The van der Waals surface area contributed by atoms with Gasteiger partial charge in [-0.25, -0.2) is 0 Å². The Morgan fingerprint density at radius 2 is 1.77 bits per heavy atom. The molecule has 1 aliphatic heterocycles. The van der Waals surface area contributed by atoms with Crippen LogP contribution >= 0.6 is 0 Å². The number of ether oxygens (including phenoxy) is 1. The summed E-state index contributed by atoms with van der Waals surface area (Å²) >= 11 is 0. The molecule has 0 aliphatic carbocycles. The van der Waals surface area contributed by atoms with Crippen LogP contribution in [-0.2, 0) is 9.59 Å². The van der Waals surface area contributed by atoms with E-state index in [2.05, 4.69) is 12.2 Å². The summed E-state index contributed by atoms with van der Waals surface area (Å²) in [4.78, 5) is 39.4. The second-order valence-electron chi connectivity index (χ2n) is 7.93. The Hall–Kier alpha value is -3.15. The lowest BCUT2D eigenvalue weighted by atomic mass is 9.83. The summed E-state index contributed by atoms with van der Waals surface area (Å²) < 4.78 is 5.27. The van der Waals surface area contributed by atoms with Crippen LogP contribution in [0.4, 0.5) is 5.69 Å². The Kier molecular flexibility index (Phi) is 7.45. The van der Waals surface area contributed by atoms with E-state index in [1.54, 1.807) is 31.4 Å². The Morgan fingerprint density at radius 3 is 2.35 bits per heavy atom. The molecular weight excluding hydrogens is 392 g/mol. The largest absolute Gasteiger partial charge is 0.497 e. The maximum atomic E-state index is 13.3. The fourth-order valence-electron chi connectivity index (χ4n) is 4.06. The number of rotatable bonds is 8. The van der Waals surface area contributed by atoms with Crippen LogP contribution in [0.2, 0.25) is 0 Å². The number of unbranched alkanes of at least 4 members (excludes halogenated alkanes) is 1. The van der Waals surface area contributed by atoms with Gasteiger partial charge in [0.25, 0.3) is 0 Å². The minimum absolute atomic E-state index is 0.0187. The Bertz CT molecular complexity index is 922. The normalized spacial score (nSPS) is 18.5. The van der Waals surface area contributed by atoms with Crippen LogP contribution in [0.3, 0.4) is 0 Å². The second kappa shape index (κ2) is 10.2. The van der Waals surface area contributed by atoms with Gasteiger partial charge in [0.1, 0.15) is 5.75 Å². The Morgan fingerprint density at radius 1 is 1.10 bits per heavy atom. The van der Waals surface area contributed by atoms with Crippen LogP contribution < -0.4 is 10.1 Å². The number of benzene rings is 2. The predicted molar refractivity (Wildman–Crippen MR) is 120 cm³/mol. The van der Waals surface area contributed by atoms with Gasteiger partial charge in [-0.2, -0.15) is 0 Å². The number of hydrogen-bond donors (Lipinski definition) is 1. The SMILES string of the molecule is CCCCN1C(=O)CCC(C(=O)Nc2ccc(C(C)=O)cc2)C1c1ccc(OC)cc1. The lowest BCUT2D eigenvalue weighted by Gasteiger charge is -2.41. The zero-order valence-electron chi connectivity index (χ0n) is 18.4. The minimum atomic E-state index is -0.365. The number of hydrogen-bond acceptors (Lipinski definition) is 4. The van der Waals surface area contributed by atoms with Crippen molar-refractivity contribution in [2.45, 2.75) is 45.6 Å². The topological polar surface area (TPSA) is 75.7 Å². The number of nitrogens with one attached hydrogen (secondary N) is 1. The molecule has 1 N–H and O–H groups in total. The van der Waals surface area contributed by atoms with E-state index in [1.807, 2.05) is 29.2 Å². The number of methoxy groups -OCH3 is 1. The highest BCUT2D eigenvalue weighted by Crippen LogP contribution is 2.38. The van der Waals surface area contributed by atoms with Gasteiger partial charge in [0.15, 0.2) is 5.78 Å². The molecule has 2 amide bonds. The van der Waals surface area contributed by atoms with Gasteiger partial charge in [-0.05, 0) is 61.7 Å². The molecule has 0 saturated carbocycles. The first-order valence-corrected chi connectivity index (χ1v) is 10.8. The molecule has 2 aromatic rings. The van der Waals surface area contributed by atoms with Gasteiger partial charge in [-0.1, -0.05) is 25.5 Å². The number of carbonyl (C=O) groups is 3. The van der Waals surface area contributed by atoms with E-state index in [-0.39, 0.29) is 29.6 Å². The van der Waals surface area contributed by atoms with Gasteiger partial charge < -0.3 is 15.0 Å². The molecule has 164 valence electrons. The molecule has 3 rings (SSSR count). The Labute approximate surface area is 183 Å². The van der Waals surface area contributed by atoms with Crippen molar-refractivity contribution in [3.63, 3.8) is 0 Å². The molecule has 6 heteroatoms. The highest BCUT2D eigenvalue weighted by molar-refractivity contribution is 5.97. The first-order chi connectivity index (χ1) is 14.9. The monoisotopic (exact) mass is 422 g/mol. The van der Waals surface area contributed by atoms with Gasteiger partial charge in [0.2, 0.25) is 11.8 Å². The van der Waals surface area contributed by atoms with Crippen LogP contribution in [0.15, 0.2) is 48.5 Å². The molecule has 0 bridgehead atoms. The average molecular weight is 423 g/mol. The second-order valence-corrected chi connectivity index (χ2v) is 7.93. The molecule has 6 nitrogen and oxygen atoms in total. The highest BCUT2D eigenvalue weighted by atomic mass is 16.5. The standard InChI is InChI=1S/C25H30N2O4/c1-4-5-16-27-23(29)15-14-22(24(27)19-8-12-21(31-3)13-9-19)25(30)26-20-10-6-18(7-11-20)17(2)28/h6-13,22,24H,4-5,14-16H2,1-3H3,(H,26,30). The zero-order valence-corrected chi connectivity index (χ0v) is 18.4. The summed E-state index contributed by atoms with van der Waals surface area (Å²) in [5, 5.41) is 2.98. The average Bonchev–Trinajstić information content (AvgIpc) is 2.78. The molecule has 1 saturated heterocycles. The maximum absolute atomic E-state index is 13.3. The third-order valence-electron chi connectivity index (χ3n) is 5.81. The summed E-state index contributed by atoms with van der Waals surface area (Å²) in [7, 11) is 1.61. The summed E-state index contributed by atoms with van der Waals surface area (Å²) in [5.74, 6) is 0.317. The van der Waals surface area contributed by atoms with Crippen LogP contribution in [-0.4, -0.2) is 36.2 Å². The van der Waals surface area contributed by atoms with Crippen molar-refractivity contribution in [3.05, 3.63) is 59.7 Å². The lowest BCUT2D eigenvalue weighted by Crippen LogP contribution is -2.47. The molecule has 1 heterocycles. The van der Waals surface area contributed by atoms with Crippen molar-refractivity contribution in [2.24, 2.45) is 5.92 Å². The van der Waals surface area contributed by atoms with Crippen molar-refractivity contribution in [3.8, 4) is 5.75 Å². The number of piperidine rings is 1. The number of ketones is 1. The van der Waals surface area contributed by atoms with Crippen LogP contribution in [0.1, 0.15) is 61.5 Å². The molecule has 0 spiro atoms. The summed E-state index contributed by atoms with van der Waals surface area (Å²) in [6.07, 6.45) is 2.71. The molecular formula is C25H30N2O4. The van der Waals surface area contributed by atoms with Crippen molar-refractivity contribution < 1.29 is 19.1 Å². The van der Waals surface area contributed by atoms with E-state index < -0.39 is 0 Å². The summed E-state index contributed by atoms with van der Waals surface area (Å²) in [6.45, 7) is 4.23. The predicted octanol–water partition coefficient (Wildman–Crippen LogP) is 4.62. The Balaban J connectivity index is 1.87. The number of anilines is 1. The van der Waals surface area contributed by atoms with E-state index in [1.165, 1.54) is 6.92 Å². The number of nitrogens with zero attached hydrogens (tertiary/aromatic N) is 1. The van der Waals surface area contributed by atoms with E-state index in [4.69, 9.17) is 4.74 Å². The first kappa shape index (κ1) is 22.5. The van der Waals surface area contributed by atoms with Gasteiger partial charge in [-0.15, -0.1) is 0 Å². The van der Waals surface area contributed by atoms with Crippen molar-refractivity contribution in [1.29, 1.82) is 0 Å². The number of amides is 2. The van der Waals surface area contributed by atoms with E-state index in [0.717, 1.165) is 24.2 Å². The molecule has 0 aromatic heterocycles. The van der Waals surface area contributed by atoms with Crippen molar-refractivity contribution >= 4 is 23.3 Å². The third kappa shape index (κ3) is 5.32. The van der Waals surface area contributed by atoms with E-state index in [0.29, 0.717) is 30.6 Å². The van der Waals surface area contributed by atoms with Crippen LogP contribution in [0.5, 0.6) is 5.75 Å². The quantitative estimate of drug-likeness (QED) is 0.630. The van der Waals surface area contributed by atoms with Crippen LogP contribution in [0, 0.1) is 5.92 Å². The molecule has 31 heavy (non-hydrogen) atoms. The summed E-state index contributed by atoms with van der Waals surface area (Å²) in [6, 6.07) is 14.2. The van der Waals surface area contributed by atoms with Crippen molar-refractivity contribution in [2.75, 3.05) is 19.0 Å². The molecule has 2 atom stereocenters. The van der Waals surface area contributed by atoms with Crippen LogP contribution in [0.25, 0.3) is 0 Å². The fourth-order valence-corrected chi connectivity index (χ4v) is 4.06. The maximum Gasteiger partial charge on any atom is 0.229 e. The molecule has 0 radical (unpaired) electrons.